The van der Waals surface area contributed by atoms with Gasteiger partial charge < -0.3 is 19.8 Å². The molecule has 10 heteroatoms. The number of nitrogens with zero attached hydrogens (tertiary/aromatic N) is 3. The summed E-state index contributed by atoms with van der Waals surface area (Å²) in [4.78, 5) is 41.4. The highest BCUT2D eigenvalue weighted by Crippen LogP contribution is 2.32. The average Bonchev–Trinajstić information content (AvgIpc) is 3.42. The van der Waals surface area contributed by atoms with Crippen molar-refractivity contribution in [2.45, 2.75) is 55.4 Å². The van der Waals surface area contributed by atoms with Crippen LogP contribution in [0, 0.1) is 0 Å². The van der Waals surface area contributed by atoms with Crippen LogP contribution in [0.25, 0.3) is 11.0 Å². The van der Waals surface area contributed by atoms with Gasteiger partial charge >= 0.3 is 5.97 Å². The first-order chi connectivity index (χ1) is 15.6. The number of fused-ring (bicyclic) bond motifs is 1. The largest absolute Gasteiger partial charge is 0.464 e. The van der Waals surface area contributed by atoms with Crippen LogP contribution in [0.15, 0.2) is 34.6 Å². The van der Waals surface area contributed by atoms with E-state index in [0.717, 1.165) is 23.3 Å². The maximum atomic E-state index is 11.9. The molecule has 1 aliphatic heterocycles. The molecule has 2 atom stereocenters. The van der Waals surface area contributed by atoms with E-state index >= 15 is 0 Å². The van der Waals surface area contributed by atoms with E-state index in [1.54, 1.807) is 19.3 Å². The molecular formula is C22H25N5O4S. The van der Waals surface area contributed by atoms with Crippen LogP contribution >= 0.6 is 11.8 Å². The van der Waals surface area contributed by atoms with Crippen molar-refractivity contribution in [1.82, 2.24) is 19.9 Å². The second kappa shape index (κ2) is 10.1. The predicted octanol–water partition coefficient (Wildman–Crippen LogP) is 3.40. The number of rotatable bonds is 9. The smallest absolute Gasteiger partial charge is 0.335 e. The molecule has 3 aromatic rings. The first-order valence-electron chi connectivity index (χ1n) is 10.6. The van der Waals surface area contributed by atoms with E-state index in [0.29, 0.717) is 53.6 Å². The number of hydrogen-bond donors (Lipinski definition) is 2. The zero-order chi connectivity index (χ0) is 22.5. The summed E-state index contributed by atoms with van der Waals surface area (Å²) in [5, 5.41) is 4.52. The van der Waals surface area contributed by atoms with Crippen molar-refractivity contribution in [3.63, 3.8) is 0 Å². The summed E-state index contributed by atoms with van der Waals surface area (Å²) in [7, 11) is 0. The molecular weight excluding hydrogens is 430 g/mol. The lowest BCUT2D eigenvalue weighted by atomic mass is 10.1. The molecule has 1 saturated heterocycles. The molecule has 2 unspecified atom stereocenters. The minimum absolute atomic E-state index is 0.159. The van der Waals surface area contributed by atoms with Crippen LogP contribution < -0.4 is 5.32 Å². The maximum absolute atomic E-state index is 11.9. The van der Waals surface area contributed by atoms with E-state index in [1.807, 2.05) is 19.1 Å². The summed E-state index contributed by atoms with van der Waals surface area (Å²) >= 11 is 1.39. The lowest BCUT2D eigenvalue weighted by Gasteiger charge is -2.15. The van der Waals surface area contributed by atoms with Crippen molar-refractivity contribution in [2.24, 2.45) is 0 Å². The Hall–Kier alpha value is -2.98. The van der Waals surface area contributed by atoms with Crippen LogP contribution in [0.5, 0.6) is 0 Å². The maximum Gasteiger partial charge on any atom is 0.335 e. The van der Waals surface area contributed by atoms with Gasteiger partial charge in [0.2, 0.25) is 0 Å². The number of nitrogens with one attached hydrogen (secondary N) is 2. The number of aldehydes is 1. The van der Waals surface area contributed by atoms with Gasteiger partial charge in [0.15, 0.2) is 17.5 Å². The van der Waals surface area contributed by atoms with Gasteiger partial charge in [-0.05, 0) is 50.1 Å². The third kappa shape index (κ3) is 4.76. The Morgan fingerprint density at radius 2 is 2.25 bits per heavy atom. The Kier molecular flexibility index (Phi) is 7.01. The zero-order valence-corrected chi connectivity index (χ0v) is 18.8. The van der Waals surface area contributed by atoms with Crippen LogP contribution in [0.1, 0.15) is 42.7 Å². The molecule has 0 saturated carbocycles. The van der Waals surface area contributed by atoms with Crippen LogP contribution in [0.4, 0.5) is 5.82 Å². The molecule has 0 radical (unpaired) electrons. The molecule has 3 aromatic heterocycles. The fourth-order valence-corrected chi connectivity index (χ4v) is 4.46. The Morgan fingerprint density at radius 1 is 1.38 bits per heavy atom. The number of aromatic nitrogens is 4. The fraction of sp³-hybridized carbons (Fsp3) is 0.409. The zero-order valence-electron chi connectivity index (χ0n) is 18.0. The lowest BCUT2D eigenvalue weighted by molar-refractivity contribution is -0.155. The van der Waals surface area contributed by atoms with E-state index in [9.17, 15) is 9.59 Å². The predicted molar refractivity (Wildman–Crippen MR) is 120 cm³/mol. The van der Waals surface area contributed by atoms with Crippen molar-refractivity contribution in [1.29, 1.82) is 0 Å². The SMILES string of the molecule is CCOC(=O)C1CCC(CNc2nc(Sc3cccnc3)nc3[nH]c(CC)c(C=O)c23)O1. The molecule has 0 amide bonds. The standard InChI is InChI=1S/C22H25N5O4S/c1-3-16-15(12-28)18-19(24-10-13-7-8-17(31-13)21(29)30-4-2)26-22(27-20(18)25-16)32-14-6-5-9-23-11-14/h5-6,9,11-13,17H,3-4,7-8,10H2,1-2H3,(H2,24,25,26,27). The number of aryl methyl sites for hydroxylation is 1. The normalized spacial score (nSPS) is 18.1. The number of pyridine rings is 1. The van der Waals surface area contributed by atoms with Crippen molar-refractivity contribution in [2.75, 3.05) is 18.5 Å². The van der Waals surface area contributed by atoms with Gasteiger partial charge in [0.1, 0.15) is 11.5 Å². The second-order valence-electron chi connectivity index (χ2n) is 7.31. The Morgan fingerprint density at radius 3 is 2.97 bits per heavy atom. The molecule has 0 aliphatic carbocycles. The molecule has 168 valence electrons. The summed E-state index contributed by atoms with van der Waals surface area (Å²) in [6.07, 6.45) is 5.62. The molecule has 1 aliphatic rings. The molecule has 0 spiro atoms. The molecule has 0 bridgehead atoms. The first kappa shape index (κ1) is 22.2. The number of hydrogen-bond acceptors (Lipinski definition) is 9. The highest BCUT2D eigenvalue weighted by atomic mass is 32.2. The van der Waals surface area contributed by atoms with E-state index in [-0.39, 0.29) is 12.1 Å². The first-order valence-corrected chi connectivity index (χ1v) is 11.5. The van der Waals surface area contributed by atoms with Gasteiger partial charge in [-0.3, -0.25) is 9.78 Å². The molecule has 4 heterocycles. The highest BCUT2D eigenvalue weighted by molar-refractivity contribution is 7.99. The Labute approximate surface area is 189 Å². The lowest BCUT2D eigenvalue weighted by Crippen LogP contribution is -2.26. The topological polar surface area (TPSA) is 119 Å². The number of H-pyrrole nitrogens is 1. The quantitative estimate of drug-likeness (QED) is 0.284. The third-order valence-corrected chi connectivity index (χ3v) is 6.06. The van der Waals surface area contributed by atoms with Crippen molar-refractivity contribution >= 4 is 40.9 Å². The summed E-state index contributed by atoms with van der Waals surface area (Å²) in [6.45, 7) is 4.54. The molecule has 9 nitrogen and oxygen atoms in total. The van der Waals surface area contributed by atoms with Crippen molar-refractivity contribution < 1.29 is 19.1 Å². The fourth-order valence-electron chi connectivity index (χ4n) is 3.72. The Bertz CT molecular complexity index is 1100. The van der Waals surface area contributed by atoms with E-state index in [1.165, 1.54) is 11.8 Å². The summed E-state index contributed by atoms with van der Waals surface area (Å²) in [5.74, 6) is 0.235. The minimum Gasteiger partial charge on any atom is -0.464 e. The number of aromatic amines is 1. The van der Waals surface area contributed by atoms with Crippen LogP contribution in [0.3, 0.4) is 0 Å². The molecule has 0 aromatic carbocycles. The number of esters is 1. The van der Waals surface area contributed by atoms with Crippen LogP contribution in [-0.4, -0.2) is 57.6 Å². The average molecular weight is 456 g/mol. The number of anilines is 1. The van der Waals surface area contributed by atoms with Gasteiger partial charge in [0.25, 0.3) is 0 Å². The van der Waals surface area contributed by atoms with Gasteiger partial charge in [-0.15, -0.1) is 0 Å². The van der Waals surface area contributed by atoms with Gasteiger partial charge in [-0.2, -0.15) is 0 Å². The molecule has 4 rings (SSSR count). The highest BCUT2D eigenvalue weighted by Gasteiger charge is 2.32. The van der Waals surface area contributed by atoms with Crippen LogP contribution in [-0.2, 0) is 20.7 Å². The van der Waals surface area contributed by atoms with E-state index < -0.39 is 6.10 Å². The number of carbonyl (C=O) groups is 2. The minimum atomic E-state index is -0.534. The monoisotopic (exact) mass is 455 g/mol. The van der Waals surface area contributed by atoms with Crippen LogP contribution in [0.2, 0.25) is 0 Å². The molecule has 1 fully saturated rings. The van der Waals surface area contributed by atoms with Crippen molar-refractivity contribution in [3.05, 3.63) is 35.8 Å². The molecule has 32 heavy (non-hydrogen) atoms. The van der Waals surface area contributed by atoms with Gasteiger partial charge in [0.05, 0.1) is 18.1 Å². The van der Waals surface area contributed by atoms with E-state index in [2.05, 4.69) is 25.3 Å². The molecule has 2 N–H and O–H groups in total. The summed E-state index contributed by atoms with van der Waals surface area (Å²) in [5.41, 5.74) is 1.97. The third-order valence-electron chi connectivity index (χ3n) is 5.22. The number of carbonyl (C=O) groups excluding carboxylic acids is 2. The van der Waals surface area contributed by atoms with Gasteiger partial charge in [-0.25, -0.2) is 14.8 Å². The number of ether oxygens (including phenoxy) is 2. The van der Waals surface area contributed by atoms with Gasteiger partial charge in [-0.1, -0.05) is 6.92 Å². The van der Waals surface area contributed by atoms with E-state index in [4.69, 9.17) is 9.47 Å². The second-order valence-corrected chi connectivity index (χ2v) is 8.36. The summed E-state index contributed by atoms with van der Waals surface area (Å²) in [6, 6.07) is 3.79. The van der Waals surface area contributed by atoms with Crippen molar-refractivity contribution in [3.8, 4) is 0 Å². The Balaban J connectivity index is 1.59. The van der Waals surface area contributed by atoms with Gasteiger partial charge in [0, 0.05) is 35.1 Å². The summed E-state index contributed by atoms with van der Waals surface area (Å²) < 4.78 is 10.9.